The van der Waals surface area contributed by atoms with Gasteiger partial charge < -0.3 is 5.73 Å². The second-order valence-corrected chi connectivity index (χ2v) is 5.02. The Bertz CT molecular complexity index is 440. The van der Waals surface area contributed by atoms with Crippen LogP contribution in [0.4, 0.5) is 5.69 Å². The van der Waals surface area contributed by atoms with Gasteiger partial charge in [-0.25, -0.2) is 0 Å². The molecule has 102 valence electrons. The third-order valence-electron chi connectivity index (χ3n) is 3.37. The third kappa shape index (κ3) is 2.53. The van der Waals surface area contributed by atoms with Crippen LogP contribution in [0.15, 0.2) is 0 Å². The van der Waals surface area contributed by atoms with Gasteiger partial charge >= 0.3 is 5.69 Å². The Hall–Kier alpha value is -1.43. The Balaban J connectivity index is 3.38. The number of nitrogens with zero attached hydrogens (tertiary/aromatic N) is 3. The van der Waals surface area contributed by atoms with Crippen molar-refractivity contribution in [2.24, 2.45) is 12.8 Å². The summed E-state index contributed by atoms with van der Waals surface area (Å²) in [6.07, 6.45) is 0.778. The molecule has 6 heteroatoms. The van der Waals surface area contributed by atoms with Crippen LogP contribution >= 0.6 is 0 Å². The van der Waals surface area contributed by atoms with Crippen LogP contribution in [-0.4, -0.2) is 20.7 Å². The lowest BCUT2D eigenvalue weighted by atomic mass is 9.94. The predicted octanol–water partition coefficient (Wildman–Crippen LogP) is 2.29. The Morgan fingerprint density at radius 3 is 2.39 bits per heavy atom. The van der Waals surface area contributed by atoms with E-state index in [1.165, 1.54) is 0 Å². The minimum absolute atomic E-state index is 0.0235. The molecule has 1 aromatic heterocycles. The van der Waals surface area contributed by atoms with Crippen molar-refractivity contribution in [1.29, 1.82) is 0 Å². The summed E-state index contributed by atoms with van der Waals surface area (Å²) in [5, 5.41) is 15.6. The molecule has 0 spiro atoms. The molecule has 0 amide bonds. The van der Waals surface area contributed by atoms with Crippen molar-refractivity contribution < 1.29 is 4.92 Å². The van der Waals surface area contributed by atoms with E-state index < -0.39 is 0 Å². The van der Waals surface area contributed by atoms with Gasteiger partial charge in [0.05, 0.1) is 4.92 Å². The first kappa shape index (κ1) is 14.6. The normalized spacial score (nSPS) is 14.8. The molecule has 0 aromatic carbocycles. The number of aryl methyl sites for hydroxylation is 1. The van der Waals surface area contributed by atoms with E-state index in [4.69, 9.17) is 5.73 Å². The molecule has 0 aliphatic carbocycles. The van der Waals surface area contributed by atoms with Crippen molar-refractivity contribution in [3.05, 3.63) is 21.5 Å². The molecule has 0 aliphatic heterocycles. The molecule has 0 radical (unpaired) electrons. The van der Waals surface area contributed by atoms with Gasteiger partial charge in [0, 0.05) is 24.9 Å². The van der Waals surface area contributed by atoms with Crippen LogP contribution in [-0.2, 0) is 7.05 Å². The standard InChI is InChI=1S/C12H22N4O2/c1-6-9(13)8(4)11-12(16(17)18)10(7(2)3)14-15(11)5/h7-9H,6,13H2,1-5H3. The molecule has 1 rings (SSSR count). The van der Waals surface area contributed by atoms with E-state index in [0.717, 1.165) is 6.42 Å². The van der Waals surface area contributed by atoms with Crippen molar-refractivity contribution in [1.82, 2.24) is 9.78 Å². The Kier molecular flexibility index (Phi) is 4.45. The topological polar surface area (TPSA) is 87.0 Å². The lowest BCUT2D eigenvalue weighted by Crippen LogP contribution is -2.27. The van der Waals surface area contributed by atoms with Gasteiger partial charge in [-0.15, -0.1) is 0 Å². The molecule has 2 N–H and O–H groups in total. The molecular formula is C12H22N4O2. The first-order chi connectivity index (χ1) is 8.31. The second-order valence-electron chi connectivity index (χ2n) is 5.02. The second kappa shape index (κ2) is 5.48. The summed E-state index contributed by atoms with van der Waals surface area (Å²) < 4.78 is 1.60. The minimum Gasteiger partial charge on any atom is -0.327 e. The first-order valence-corrected chi connectivity index (χ1v) is 6.27. The fourth-order valence-corrected chi connectivity index (χ4v) is 2.19. The van der Waals surface area contributed by atoms with Gasteiger partial charge in [-0.1, -0.05) is 27.7 Å². The molecule has 2 atom stereocenters. The molecule has 0 saturated heterocycles. The highest BCUT2D eigenvalue weighted by atomic mass is 16.6. The van der Waals surface area contributed by atoms with Crippen molar-refractivity contribution >= 4 is 5.69 Å². The molecule has 18 heavy (non-hydrogen) atoms. The third-order valence-corrected chi connectivity index (χ3v) is 3.37. The van der Waals surface area contributed by atoms with E-state index in [9.17, 15) is 10.1 Å². The SMILES string of the molecule is CCC(N)C(C)c1c([N+](=O)[O-])c(C(C)C)nn1C. The van der Waals surface area contributed by atoms with Crippen LogP contribution in [0.2, 0.25) is 0 Å². The van der Waals surface area contributed by atoms with Crippen molar-refractivity contribution in [3.8, 4) is 0 Å². The van der Waals surface area contributed by atoms with Crippen LogP contribution < -0.4 is 5.73 Å². The van der Waals surface area contributed by atoms with Crippen molar-refractivity contribution in [2.75, 3.05) is 0 Å². The quantitative estimate of drug-likeness (QED) is 0.645. The molecule has 1 heterocycles. The highest BCUT2D eigenvalue weighted by Gasteiger charge is 2.32. The summed E-state index contributed by atoms with van der Waals surface area (Å²) in [6.45, 7) is 7.71. The maximum atomic E-state index is 11.3. The maximum Gasteiger partial charge on any atom is 0.313 e. The lowest BCUT2D eigenvalue weighted by Gasteiger charge is -2.17. The minimum atomic E-state index is -0.337. The van der Waals surface area contributed by atoms with E-state index >= 15 is 0 Å². The molecular weight excluding hydrogens is 232 g/mol. The number of aromatic nitrogens is 2. The molecule has 0 fully saturated rings. The number of hydrogen-bond acceptors (Lipinski definition) is 4. The lowest BCUT2D eigenvalue weighted by molar-refractivity contribution is -0.386. The van der Waals surface area contributed by atoms with E-state index in [1.54, 1.807) is 11.7 Å². The monoisotopic (exact) mass is 254 g/mol. The Labute approximate surface area is 107 Å². The van der Waals surface area contributed by atoms with Gasteiger partial charge in [0.25, 0.3) is 0 Å². The van der Waals surface area contributed by atoms with Crippen LogP contribution in [0.25, 0.3) is 0 Å². The summed E-state index contributed by atoms with van der Waals surface area (Å²) in [5.74, 6) is -0.0594. The van der Waals surface area contributed by atoms with Gasteiger partial charge in [0.15, 0.2) is 0 Å². The van der Waals surface area contributed by atoms with Gasteiger partial charge in [-0.3, -0.25) is 14.8 Å². The summed E-state index contributed by atoms with van der Waals surface area (Å²) in [5.41, 5.74) is 7.29. The van der Waals surface area contributed by atoms with Crippen LogP contribution in [0.5, 0.6) is 0 Å². The highest BCUT2D eigenvalue weighted by molar-refractivity contribution is 5.45. The van der Waals surface area contributed by atoms with Crippen LogP contribution in [0.3, 0.4) is 0 Å². The number of nitro groups is 1. The Morgan fingerprint density at radius 1 is 1.44 bits per heavy atom. The fourth-order valence-electron chi connectivity index (χ4n) is 2.19. The molecule has 0 aliphatic rings. The summed E-state index contributed by atoms with van der Waals surface area (Å²) in [4.78, 5) is 11.0. The number of rotatable bonds is 5. The van der Waals surface area contributed by atoms with E-state index in [1.807, 2.05) is 27.7 Å². The highest BCUT2D eigenvalue weighted by Crippen LogP contribution is 2.34. The molecule has 0 bridgehead atoms. The first-order valence-electron chi connectivity index (χ1n) is 6.27. The summed E-state index contributed by atoms with van der Waals surface area (Å²) in [6, 6.07) is -0.0980. The summed E-state index contributed by atoms with van der Waals surface area (Å²) in [7, 11) is 1.74. The number of hydrogen-bond donors (Lipinski definition) is 1. The zero-order valence-electron chi connectivity index (χ0n) is 11.7. The van der Waals surface area contributed by atoms with E-state index in [0.29, 0.717) is 11.4 Å². The average molecular weight is 254 g/mol. The smallest absolute Gasteiger partial charge is 0.313 e. The van der Waals surface area contributed by atoms with E-state index in [-0.39, 0.29) is 28.5 Å². The fraction of sp³-hybridized carbons (Fsp3) is 0.750. The van der Waals surface area contributed by atoms with Gasteiger partial charge in [0.2, 0.25) is 0 Å². The van der Waals surface area contributed by atoms with Crippen LogP contribution in [0.1, 0.15) is 57.3 Å². The largest absolute Gasteiger partial charge is 0.327 e. The average Bonchev–Trinajstić information content (AvgIpc) is 2.65. The van der Waals surface area contributed by atoms with E-state index in [2.05, 4.69) is 5.10 Å². The van der Waals surface area contributed by atoms with Gasteiger partial charge in [-0.05, 0) is 6.42 Å². The maximum absolute atomic E-state index is 11.3. The molecule has 6 nitrogen and oxygen atoms in total. The Morgan fingerprint density at radius 2 is 2.00 bits per heavy atom. The van der Waals surface area contributed by atoms with Crippen molar-refractivity contribution in [2.45, 2.75) is 52.0 Å². The molecule has 2 unspecified atom stereocenters. The summed E-state index contributed by atoms with van der Waals surface area (Å²) >= 11 is 0. The van der Waals surface area contributed by atoms with Gasteiger partial charge in [0.1, 0.15) is 11.4 Å². The van der Waals surface area contributed by atoms with Crippen molar-refractivity contribution in [3.63, 3.8) is 0 Å². The number of nitrogens with two attached hydrogens (primary N) is 1. The van der Waals surface area contributed by atoms with Gasteiger partial charge in [-0.2, -0.15) is 5.10 Å². The zero-order valence-corrected chi connectivity index (χ0v) is 11.7. The predicted molar refractivity (Wildman–Crippen MR) is 70.6 cm³/mol. The zero-order chi connectivity index (χ0) is 14.0. The molecule has 1 aromatic rings. The molecule has 0 saturated carbocycles. The van der Waals surface area contributed by atoms with Crippen LogP contribution in [0, 0.1) is 10.1 Å².